The zero-order chi connectivity index (χ0) is 26.0. The highest BCUT2D eigenvalue weighted by Gasteiger charge is 2.38. The summed E-state index contributed by atoms with van der Waals surface area (Å²) in [4.78, 5) is 53.4. The van der Waals surface area contributed by atoms with Gasteiger partial charge in [-0.15, -0.1) is 0 Å². The number of likely N-dealkylation sites (tertiary alicyclic amines) is 1. The summed E-state index contributed by atoms with van der Waals surface area (Å²) >= 11 is 0. The summed E-state index contributed by atoms with van der Waals surface area (Å²) in [6.07, 6.45) is 1.40. The highest BCUT2D eigenvalue weighted by Crippen LogP contribution is 2.22. The number of hydrogen-bond acceptors (Lipinski definition) is 4. The minimum atomic E-state index is -1.04. The van der Waals surface area contributed by atoms with Gasteiger partial charge in [-0.1, -0.05) is 91.0 Å². The molecule has 37 heavy (non-hydrogen) atoms. The summed E-state index contributed by atoms with van der Waals surface area (Å²) in [6.45, 7) is 0.623. The Labute approximate surface area is 216 Å². The molecule has 190 valence electrons. The lowest BCUT2D eigenvalue weighted by molar-refractivity contribution is -0.141. The number of benzene rings is 3. The molecule has 7 nitrogen and oxygen atoms in total. The summed E-state index contributed by atoms with van der Waals surface area (Å²) in [5.74, 6) is -1.97. The molecule has 0 spiro atoms. The molecule has 1 heterocycles. The van der Waals surface area contributed by atoms with Crippen LogP contribution in [0.2, 0.25) is 0 Å². The Kier molecular flexibility index (Phi) is 8.81. The topological polar surface area (TPSA) is 95.6 Å². The van der Waals surface area contributed by atoms with E-state index in [0.29, 0.717) is 25.9 Å². The number of rotatable bonds is 11. The van der Waals surface area contributed by atoms with Crippen molar-refractivity contribution in [2.45, 2.75) is 44.3 Å². The van der Waals surface area contributed by atoms with Crippen LogP contribution in [0.1, 0.15) is 29.5 Å². The smallest absolute Gasteiger partial charge is 0.289 e. The van der Waals surface area contributed by atoms with Crippen molar-refractivity contribution in [3.05, 3.63) is 108 Å². The molecule has 3 aromatic rings. The Bertz CT molecular complexity index is 1220. The van der Waals surface area contributed by atoms with Crippen LogP contribution in [0.4, 0.5) is 0 Å². The van der Waals surface area contributed by atoms with Crippen LogP contribution in [0.15, 0.2) is 91.0 Å². The van der Waals surface area contributed by atoms with Gasteiger partial charge in [0.05, 0.1) is 0 Å². The van der Waals surface area contributed by atoms with Crippen LogP contribution in [-0.2, 0) is 38.6 Å². The maximum atomic E-state index is 13.3. The number of hydrogen-bond donors (Lipinski definition) is 2. The molecule has 0 aromatic heterocycles. The fourth-order valence-electron chi connectivity index (χ4n) is 4.52. The van der Waals surface area contributed by atoms with E-state index in [4.69, 9.17) is 0 Å². The molecule has 1 aliphatic heterocycles. The predicted octanol–water partition coefficient (Wildman–Crippen LogP) is 2.83. The first-order chi connectivity index (χ1) is 18.0. The van der Waals surface area contributed by atoms with Crippen LogP contribution >= 0.6 is 0 Å². The number of nitrogens with zero attached hydrogens (tertiary/aromatic N) is 1. The van der Waals surface area contributed by atoms with Gasteiger partial charge < -0.3 is 15.5 Å². The van der Waals surface area contributed by atoms with E-state index in [1.807, 2.05) is 91.0 Å². The van der Waals surface area contributed by atoms with Crippen LogP contribution in [0, 0.1) is 0 Å². The first-order valence-electron chi connectivity index (χ1n) is 12.5. The molecule has 3 amide bonds. The second-order valence-electron chi connectivity index (χ2n) is 9.17. The van der Waals surface area contributed by atoms with Crippen LogP contribution in [0.5, 0.6) is 0 Å². The molecule has 1 fully saturated rings. The number of carbonyl (C=O) groups excluding carboxylic acids is 4. The van der Waals surface area contributed by atoms with Gasteiger partial charge in [-0.25, -0.2) is 0 Å². The quantitative estimate of drug-likeness (QED) is 0.398. The molecule has 7 heteroatoms. The summed E-state index contributed by atoms with van der Waals surface area (Å²) < 4.78 is 0. The monoisotopic (exact) mass is 497 g/mol. The average molecular weight is 498 g/mol. The molecule has 1 saturated heterocycles. The lowest BCUT2D eigenvalue weighted by Crippen LogP contribution is -2.53. The van der Waals surface area contributed by atoms with Gasteiger partial charge in [0.2, 0.25) is 17.6 Å². The van der Waals surface area contributed by atoms with Gasteiger partial charge in [0.1, 0.15) is 12.1 Å². The Morgan fingerprint density at radius 2 is 1.38 bits per heavy atom. The van der Waals surface area contributed by atoms with Crippen molar-refractivity contribution in [2.75, 3.05) is 6.54 Å². The van der Waals surface area contributed by atoms with Crippen LogP contribution in [0.25, 0.3) is 0 Å². The van der Waals surface area contributed by atoms with Crippen molar-refractivity contribution in [2.24, 2.45) is 0 Å². The van der Waals surface area contributed by atoms with E-state index in [-0.39, 0.29) is 18.7 Å². The van der Waals surface area contributed by atoms with Gasteiger partial charge in [0.25, 0.3) is 5.91 Å². The molecule has 0 radical (unpaired) electrons. The highest BCUT2D eigenvalue weighted by atomic mass is 16.2. The van der Waals surface area contributed by atoms with Gasteiger partial charge in [-0.2, -0.15) is 0 Å². The maximum absolute atomic E-state index is 13.3. The summed E-state index contributed by atoms with van der Waals surface area (Å²) in [5, 5.41) is 5.47. The third-order valence-corrected chi connectivity index (χ3v) is 6.51. The lowest BCUT2D eigenvalue weighted by Gasteiger charge is -2.26. The van der Waals surface area contributed by atoms with Crippen molar-refractivity contribution in [3.8, 4) is 0 Å². The highest BCUT2D eigenvalue weighted by molar-refractivity contribution is 6.38. The Morgan fingerprint density at radius 1 is 0.811 bits per heavy atom. The maximum Gasteiger partial charge on any atom is 0.289 e. The summed E-state index contributed by atoms with van der Waals surface area (Å²) in [5.41, 5.74) is 2.79. The predicted molar refractivity (Wildman–Crippen MR) is 140 cm³/mol. The zero-order valence-corrected chi connectivity index (χ0v) is 20.6. The molecule has 2 atom stereocenters. The minimum absolute atomic E-state index is 0.103. The summed E-state index contributed by atoms with van der Waals surface area (Å²) in [7, 11) is 0. The van der Waals surface area contributed by atoms with Gasteiger partial charge in [-0.05, 0) is 29.5 Å². The van der Waals surface area contributed by atoms with Crippen molar-refractivity contribution in [1.82, 2.24) is 15.5 Å². The van der Waals surface area contributed by atoms with E-state index < -0.39 is 29.7 Å². The zero-order valence-electron chi connectivity index (χ0n) is 20.6. The fraction of sp³-hybridized carbons (Fsp3) is 0.267. The molecular weight excluding hydrogens is 466 g/mol. The third-order valence-electron chi connectivity index (χ3n) is 6.51. The van der Waals surface area contributed by atoms with E-state index in [9.17, 15) is 19.2 Å². The molecule has 0 bridgehead atoms. The number of ketones is 1. The lowest BCUT2D eigenvalue weighted by atomic mass is 10.0. The van der Waals surface area contributed by atoms with Crippen LogP contribution in [0.3, 0.4) is 0 Å². The number of carbonyl (C=O) groups is 4. The van der Waals surface area contributed by atoms with Gasteiger partial charge in [0, 0.05) is 25.9 Å². The van der Waals surface area contributed by atoms with Crippen molar-refractivity contribution < 1.29 is 19.2 Å². The molecular formula is C30H31N3O4. The minimum Gasteiger partial charge on any atom is -0.349 e. The van der Waals surface area contributed by atoms with E-state index in [0.717, 1.165) is 16.7 Å². The first kappa shape index (κ1) is 25.8. The van der Waals surface area contributed by atoms with E-state index >= 15 is 0 Å². The number of amides is 3. The molecule has 1 aliphatic rings. The molecule has 0 saturated carbocycles. The number of nitrogens with one attached hydrogen (secondary N) is 2. The SMILES string of the molecule is O=C(NCCc1ccccc1)C(=O)C(Cc1ccccc1)NC(=O)C1CCC(=O)N1Cc1ccccc1. The third kappa shape index (κ3) is 7.13. The summed E-state index contributed by atoms with van der Waals surface area (Å²) in [6, 6.07) is 26.6. The first-order valence-corrected chi connectivity index (χ1v) is 12.5. The fourth-order valence-corrected chi connectivity index (χ4v) is 4.52. The largest absolute Gasteiger partial charge is 0.349 e. The van der Waals surface area contributed by atoms with E-state index in [1.54, 1.807) is 4.90 Å². The molecule has 2 N–H and O–H groups in total. The van der Waals surface area contributed by atoms with Crippen molar-refractivity contribution >= 4 is 23.5 Å². The van der Waals surface area contributed by atoms with E-state index in [1.165, 1.54) is 0 Å². The normalized spacial score (nSPS) is 15.7. The molecule has 3 aromatic carbocycles. The van der Waals surface area contributed by atoms with E-state index in [2.05, 4.69) is 10.6 Å². The standard InChI is InChI=1S/C30H31N3O4/c34-27-17-16-26(33(27)21-24-14-8-3-9-15-24)29(36)32-25(20-23-12-6-2-7-13-23)28(35)30(37)31-19-18-22-10-4-1-5-11-22/h1-15,25-26H,16-21H2,(H,31,37)(H,32,36). The Balaban J connectivity index is 1.43. The molecule has 4 rings (SSSR count). The van der Waals surface area contributed by atoms with Gasteiger partial charge in [0.15, 0.2) is 0 Å². The van der Waals surface area contributed by atoms with Gasteiger partial charge >= 0.3 is 0 Å². The molecule has 2 unspecified atom stereocenters. The average Bonchev–Trinajstić information content (AvgIpc) is 3.29. The Morgan fingerprint density at radius 3 is 2.00 bits per heavy atom. The second-order valence-corrected chi connectivity index (χ2v) is 9.17. The number of Topliss-reactive ketones (excluding diaryl/α,β-unsaturated/α-hetero) is 1. The Hall–Kier alpha value is -4.26. The van der Waals surface area contributed by atoms with Crippen LogP contribution < -0.4 is 10.6 Å². The van der Waals surface area contributed by atoms with Crippen molar-refractivity contribution in [3.63, 3.8) is 0 Å². The van der Waals surface area contributed by atoms with Crippen molar-refractivity contribution in [1.29, 1.82) is 0 Å². The molecule has 0 aliphatic carbocycles. The van der Waals surface area contributed by atoms with Crippen LogP contribution in [-0.4, -0.2) is 47.0 Å². The second kappa shape index (κ2) is 12.6. The van der Waals surface area contributed by atoms with Gasteiger partial charge in [-0.3, -0.25) is 19.2 Å².